The van der Waals surface area contributed by atoms with Crippen LogP contribution in [0.2, 0.25) is 0 Å². The summed E-state index contributed by atoms with van der Waals surface area (Å²) in [6.07, 6.45) is 1.38. The van der Waals surface area contributed by atoms with Crippen molar-refractivity contribution in [1.82, 2.24) is 16.0 Å². The number of carbonyl (C=O) groups excluding carboxylic acids is 2. The van der Waals surface area contributed by atoms with Crippen LogP contribution >= 0.6 is 0 Å². The van der Waals surface area contributed by atoms with Crippen LogP contribution in [-0.4, -0.2) is 48.8 Å². The van der Waals surface area contributed by atoms with Gasteiger partial charge in [-0.25, -0.2) is 8.78 Å². The maximum absolute atomic E-state index is 14.4. The molecule has 3 rings (SSSR count). The molecule has 0 aromatic carbocycles. The predicted molar refractivity (Wildman–Crippen MR) is 95.0 cm³/mol. The third kappa shape index (κ3) is 4.08. The van der Waals surface area contributed by atoms with Gasteiger partial charge in [0, 0.05) is 36.2 Å². The zero-order valence-corrected chi connectivity index (χ0v) is 15.5. The molecule has 0 bridgehead atoms. The second-order valence-corrected chi connectivity index (χ2v) is 7.94. The average molecular weight is 369 g/mol. The van der Waals surface area contributed by atoms with Crippen LogP contribution in [0, 0.1) is 5.92 Å². The fourth-order valence-corrected chi connectivity index (χ4v) is 4.57. The van der Waals surface area contributed by atoms with Gasteiger partial charge in [-0.15, -0.1) is 0 Å². The quantitative estimate of drug-likeness (QED) is 0.709. The minimum absolute atomic E-state index is 0.0270. The molecule has 1 saturated heterocycles. The van der Waals surface area contributed by atoms with Crippen LogP contribution in [0.25, 0.3) is 0 Å². The van der Waals surface area contributed by atoms with E-state index in [1.165, 1.54) is 0 Å². The van der Waals surface area contributed by atoms with Crippen molar-refractivity contribution in [2.75, 3.05) is 6.54 Å². The summed E-state index contributed by atoms with van der Waals surface area (Å²) < 4.78 is 27.6. The monoisotopic (exact) mass is 369 g/mol. The highest BCUT2D eigenvalue weighted by Crippen LogP contribution is 2.37. The summed E-state index contributed by atoms with van der Waals surface area (Å²) in [4.78, 5) is 24.8. The van der Waals surface area contributed by atoms with Gasteiger partial charge in [0.1, 0.15) is 12.3 Å². The van der Waals surface area contributed by atoms with E-state index in [-0.39, 0.29) is 42.3 Å². The van der Waals surface area contributed by atoms with Crippen molar-refractivity contribution in [3.63, 3.8) is 0 Å². The second-order valence-electron chi connectivity index (χ2n) is 7.94. The zero-order valence-electron chi connectivity index (χ0n) is 15.5. The summed E-state index contributed by atoms with van der Waals surface area (Å²) in [5.74, 6) is -0.823. The minimum atomic E-state index is -0.966. The third-order valence-electron chi connectivity index (χ3n) is 6.11. The third-order valence-corrected chi connectivity index (χ3v) is 6.11. The van der Waals surface area contributed by atoms with Crippen LogP contribution in [0.4, 0.5) is 8.78 Å². The predicted octanol–water partition coefficient (Wildman–Crippen LogP) is 1.92. The second kappa shape index (κ2) is 8.03. The Morgan fingerprint density at radius 3 is 2.73 bits per heavy atom. The molecule has 3 aliphatic rings. The van der Waals surface area contributed by atoms with Gasteiger partial charge in [-0.3, -0.25) is 9.59 Å². The summed E-state index contributed by atoms with van der Waals surface area (Å²) >= 11 is 0. The molecule has 0 aromatic rings. The number of fused-ring (bicyclic) bond motifs is 1. The Balaban J connectivity index is 1.62. The molecule has 146 valence electrons. The molecule has 5 nitrogen and oxygen atoms in total. The van der Waals surface area contributed by atoms with Gasteiger partial charge in [0.2, 0.25) is 11.8 Å². The first kappa shape index (κ1) is 19.3. The first-order valence-electron chi connectivity index (χ1n) is 9.68. The molecule has 26 heavy (non-hydrogen) atoms. The van der Waals surface area contributed by atoms with Crippen molar-refractivity contribution in [1.29, 1.82) is 0 Å². The Morgan fingerprint density at radius 1 is 1.27 bits per heavy atom. The van der Waals surface area contributed by atoms with E-state index in [1.807, 2.05) is 6.92 Å². The Bertz CT molecular complexity index is 587. The van der Waals surface area contributed by atoms with Gasteiger partial charge in [-0.05, 0) is 46.0 Å². The smallest absolute Gasteiger partial charge is 0.247 e. The number of rotatable bonds is 4. The number of piperidine rings is 1. The molecule has 0 radical (unpaired) electrons. The molecule has 0 aromatic heterocycles. The molecule has 1 saturated carbocycles. The number of carbonyl (C=O) groups is 2. The van der Waals surface area contributed by atoms with E-state index in [2.05, 4.69) is 16.0 Å². The molecule has 0 spiro atoms. The van der Waals surface area contributed by atoms with E-state index in [9.17, 15) is 18.4 Å². The maximum atomic E-state index is 14.4. The topological polar surface area (TPSA) is 70.2 Å². The number of amides is 2. The summed E-state index contributed by atoms with van der Waals surface area (Å²) in [7, 11) is 0. The SMILES string of the molecule is CC1=C(CC(=O)N[C@H](C)C2CCC(F)CN2)C(=O)NC2CCCC(F)C12. The highest BCUT2D eigenvalue weighted by Gasteiger charge is 2.41. The van der Waals surface area contributed by atoms with Crippen LogP contribution < -0.4 is 16.0 Å². The first-order chi connectivity index (χ1) is 12.4. The molecule has 3 N–H and O–H groups in total. The Labute approximate surface area is 153 Å². The van der Waals surface area contributed by atoms with Crippen molar-refractivity contribution in [3.8, 4) is 0 Å². The highest BCUT2D eigenvalue weighted by atomic mass is 19.1. The summed E-state index contributed by atoms with van der Waals surface area (Å²) in [6.45, 7) is 3.97. The fourth-order valence-electron chi connectivity index (χ4n) is 4.57. The first-order valence-corrected chi connectivity index (χ1v) is 9.68. The van der Waals surface area contributed by atoms with Crippen molar-refractivity contribution in [2.24, 2.45) is 5.92 Å². The molecular weight excluding hydrogens is 340 g/mol. The number of halogens is 2. The van der Waals surface area contributed by atoms with Crippen molar-refractivity contribution < 1.29 is 18.4 Å². The normalized spacial score (nSPS) is 36.2. The fraction of sp³-hybridized carbons (Fsp3) is 0.789. The van der Waals surface area contributed by atoms with Crippen molar-refractivity contribution in [2.45, 2.75) is 82.8 Å². The standard InChI is InChI=1S/C19H29F2N3O2/c1-10-13(19(26)24-16-5-3-4-14(21)18(10)16)8-17(25)23-11(2)15-7-6-12(20)9-22-15/h11-12,14-16,18,22H,3-9H2,1-2H3,(H,23,25)(H,24,26)/t11-,12?,14?,15?,16?,18?/m1/s1. The summed E-state index contributed by atoms with van der Waals surface area (Å²) in [6, 6.07) is -0.282. The molecule has 5 unspecified atom stereocenters. The van der Waals surface area contributed by atoms with Crippen LogP contribution in [-0.2, 0) is 9.59 Å². The average Bonchev–Trinajstić information content (AvgIpc) is 2.59. The van der Waals surface area contributed by atoms with Crippen LogP contribution in [0.15, 0.2) is 11.1 Å². The minimum Gasteiger partial charge on any atom is -0.352 e. The van der Waals surface area contributed by atoms with E-state index in [1.54, 1.807) is 6.92 Å². The summed E-state index contributed by atoms with van der Waals surface area (Å²) in [5.41, 5.74) is 1.10. The molecule has 1 aliphatic carbocycles. The lowest BCUT2D eigenvalue weighted by molar-refractivity contribution is -0.125. The number of alkyl halides is 2. The molecule has 2 aliphatic heterocycles. The lowest BCUT2D eigenvalue weighted by Gasteiger charge is -2.40. The van der Waals surface area contributed by atoms with E-state index in [4.69, 9.17) is 0 Å². The molecule has 6 atom stereocenters. The molecule has 2 heterocycles. The van der Waals surface area contributed by atoms with Gasteiger partial charge >= 0.3 is 0 Å². The number of hydrogen-bond acceptors (Lipinski definition) is 3. The highest BCUT2D eigenvalue weighted by molar-refractivity contribution is 6.00. The van der Waals surface area contributed by atoms with E-state index in [0.717, 1.165) is 12.8 Å². The van der Waals surface area contributed by atoms with Gasteiger partial charge < -0.3 is 16.0 Å². The summed E-state index contributed by atoms with van der Waals surface area (Å²) in [5, 5.41) is 8.90. The molecule has 7 heteroatoms. The lowest BCUT2D eigenvalue weighted by Crippen LogP contribution is -2.53. The molecular formula is C19H29F2N3O2. The van der Waals surface area contributed by atoms with Crippen LogP contribution in [0.1, 0.15) is 52.4 Å². The van der Waals surface area contributed by atoms with E-state index < -0.39 is 12.3 Å². The van der Waals surface area contributed by atoms with E-state index in [0.29, 0.717) is 37.0 Å². The van der Waals surface area contributed by atoms with E-state index >= 15 is 0 Å². The van der Waals surface area contributed by atoms with Crippen molar-refractivity contribution >= 4 is 11.8 Å². The van der Waals surface area contributed by atoms with Gasteiger partial charge in [-0.1, -0.05) is 5.57 Å². The number of nitrogens with one attached hydrogen (secondary N) is 3. The van der Waals surface area contributed by atoms with Crippen LogP contribution in [0.5, 0.6) is 0 Å². The molecule has 2 fully saturated rings. The van der Waals surface area contributed by atoms with Gasteiger partial charge in [0.25, 0.3) is 0 Å². The largest absolute Gasteiger partial charge is 0.352 e. The van der Waals surface area contributed by atoms with Crippen LogP contribution in [0.3, 0.4) is 0 Å². The Kier molecular flexibility index (Phi) is 5.95. The van der Waals surface area contributed by atoms with Gasteiger partial charge in [0.05, 0.1) is 6.42 Å². The maximum Gasteiger partial charge on any atom is 0.247 e. The van der Waals surface area contributed by atoms with Gasteiger partial charge in [-0.2, -0.15) is 0 Å². The Morgan fingerprint density at radius 2 is 2.04 bits per heavy atom. The van der Waals surface area contributed by atoms with Crippen molar-refractivity contribution in [3.05, 3.63) is 11.1 Å². The van der Waals surface area contributed by atoms with Gasteiger partial charge in [0.15, 0.2) is 0 Å². The lowest BCUT2D eigenvalue weighted by atomic mass is 9.74. The zero-order chi connectivity index (χ0) is 18.8. The number of hydrogen-bond donors (Lipinski definition) is 3. The molecule has 2 amide bonds. The Hall–Kier alpha value is -1.50.